The smallest absolute Gasteiger partial charge is 0.0568 e. The van der Waals surface area contributed by atoms with E-state index in [-0.39, 0.29) is 10.8 Å². The Bertz CT molecular complexity index is 3100. The largest absolute Gasteiger partial charge is 0.310 e. The second kappa shape index (κ2) is 15.4. The number of anilines is 6. The highest BCUT2D eigenvalue weighted by atomic mass is 15.2. The molecule has 3 heteroatoms. The van der Waals surface area contributed by atoms with Crippen LogP contribution in [0.4, 0.5) is 34.1 Å². The summed E-state index contributed by atoms with van der Waals surface area (Å²) in [6, 6.07) is 70.0. The molecule has 0 aliphatic heterocycles. The van der Waals surface area contributed by atoms with Crippen molar-refractivity contribution in [2.75, 3.05) is 9.80 Å². The average molecular weight is 818 g/mol. The Hall–Kier alpha value is -7.10. The number of hydrogen-bond donors (Lipinski definition) is 0. The van der Waals surface area contributed by atoms with Crippen LogP contribution in [0.5, 0.6) is 0 Å². The lowest BCUT2D eigenvalue weighted by Gasteiger charge is -2.29. The van der Waals surface area contributed by atoms with E-state index in [9.17, 15) is 0 Å². The fraction of sp³-hybridized carbons (Fsp3) is 0.167. The van der Waals surface area contributed by atoms with Crippen LogP contribution in [-0.2, 0) is 10.8 Å². The molecule has 0 radical (unpaired) electrons. The molecule has 1 heterocycles. The summed E-state index contributed by atoms with van der Waals surface area (Å²) >= 11 is 0. The number of para-hydroxylation sites is 1. The molecule has 1 aromatic heterocycles. The van der Waals surface area contributed by atoms with Crippen LogP contribution in [0, 0.1) is 13.8 Å². The van der Waals surface area contributed by atoms with Gasteiger partial charge in [-0.05, 0) is 131 Å². The van der Waals surface area contributed by atoms with Crippen molar-refractivity contribution < 1.29 is 0 Å². The van der Waals surface area contributed by atoms with E-state index < -0.39 is 0 Å². The average Bonchev–Trinajstić information content (AvgIpc) is 3.61. The van der Waals surface area contributed by atoms with E-state index in [1.54, 1.807) is 0 Å². The molecule has 0 aliphatic rings. The fourth-order valence-electron chi connectivity index (χ4n) is 9.53. The van der Waals surface area contributed by atoms with Gasteiger partial charge in [0.2, 0.25) is 0 Å². The van der Waals surface area contributed by atoms with Crippen LogP contribution < -0.4 is 9.80 Å². The molecular weight excluding hydrogens is 763 g/mol. The number of fused-ring (bicyclic) bond motifs is 7. The van der Waals surface area contributed by atoms with Crippen molar-refractivity contribution in [3.63, 3.8) is 0 Å². The molecule has 0 N–H and O–H groups in total. The minimum atomic E-state index is 0.0430. The number of hydrogen-bond acceptors (Lipinski definition) is 2. The maximum absolute atomic E-state index is 2.50. The molecule has 10 aromatic rings. The summed E-state index contributed by atoms with van der Waals surface area (Å²) in [6.07, 6.45) is 0. The van der Waals surface area contributed by atoms with E-state index in [4.69, 9.17) is 0 Å². The van der Waals surface area contributed by atoms with Gasteiger partial charge in [-0.25, -0.2) is 0 Å². The van der Waals surface area contributed by atoms with E-state index in [1.165, 1.54) is 54.6 Å². The van der Waals surface area contributed by atoms with Crippen molar-refractivity contribution in [1.29, 1.82) is 0 Å². The van der Waals surface area contributed by atoms with Crippen molar-refractivity contribution in [1.82, 2.24) is 4.57 Å². The molecule has 10 rings (SSSR count). The number of aryl methyl sites for hydroxylation is 2. The topological polar surface area (TPSA) is 11.4 Å². The van der Waals surface area contributed by atoms with Crippen LogP contribution in [0.2, 0.25) is 0 Å². The number of nitrogens with zero attached hydrogens (tertiary/aromatic N) is 3. The van der Waals surface area contributed by atoms with Crippen molar-refractivity contribution in [2.24, 2.45) is 0 Å². The zero-order valence-corrected chi connectivity index (χ0v) is 37.7. The first-order valence-corrected chi connectivity index (χ1v) is 22.3. The molecule has 0 bridgehead atoms. The molecule has 9 aromatic carbocycles. The SMILES string of the molecule is Cc1cccc(N(c2ccc(C(C)(C)C)cc2)c2cc3c(c4ccccc24)c2c4ccccc4c(N(c4ccc(C(C)(C)C)cc4)c4cccc(C)c4)cc2n3-c2ccccc2)c1. The van der Waals surface area contributed by atoms with Gasteiger partial charge in [-0.2, -0.15) is 0 Å². The minimum absolute atomic E-state index is 0.0430. The van der Waals surface area contributed by atoms with Gasteiger partial charge in [0.15, 0.2) is 0 Å². The van der Waals surface area contributed by atoms with Gasteiger partial charge in [0.05, 0.1) is 22.4 Å². The molecule has 0 fully saturated rings. The second-order valence-electron chi connectivity index (χ2n) is 19.3. The first-order valence-electron chi connectivity index (χ1n) is 22.3. The lowest BCUT2D eigenvalue weighted by atomic mass is 9.87. The van der Waals surface area contributed by atoms with Gasteiger partial charge in [-0.1, -0.05) is 157 Å². The fourth-order valence-corrected chi connectivity index (χ4v) is 9.53. The van der Waals surface area contributed by atoms with Crippen molar-refractivity contribution >= 4 is 77.5 Å². The molecule has 3 nitrogen and oxygen atoms in total. The second-order valence-corrected chi connectivity index (χ2v) is 19.3. The van der Waals surface area contributed by atoms with Crippen LogP contribution in [0.1, 0.15) is 63.8 Å². The summed E-state index contributed by atoms with van der Waals surface area (Å²) in [5, 5.41) is 7.35. The molecule has 0 atom stereocenters. The lowest BCUT2D eigenvalue weighted by molar-refractivity contribution is 0.590. The number of rotatable bonds is 7. The quantitative estimate of drug-likeness (QED) is 0.159. The third-order valence-electron chi connectivity index (χ3n) is 12.7. The van der Waals surface area contributed by atoms with Gasteiger partial charge >= 0.3 is 0 Å². The monoisotopic (exact) mass is 817 g/mol. The summed E-state index contributed by atoms with van der Waals surface area (Å²) in [7, 11) is 0. The van der Waals surface area contributed by atoms with Crippen LogP contribution >= 0.6 is 0 Å². The van der Waals surface area contributed by atoms with Crippen LogP contribution in [0.15, 0.2) is 188 Å². The molecule has 0 saturated heterocycles. The van der Waals surface area contributed by atoms with Gasteiger partial charge in [-0.15, -0.1) is 0 Å². The van der Waals surface area contributed by atoms with Gasteiger partial charge in [0, 0.05) is 50.0 Å². The van der Waals surface area contributed by atoms with Crippen LogP contribution in [0.25, 0.3) is 49.0 Å². The molecule has 0 amide bonds. The molecule has 0 aliphatic carbocycles. The number of benzene rings is 9. The predicted octanol–water partition coefficient (Wildman–Crippen LogP) is 17.2. The summed E-state index contributed by atoms with van der Waals surface area (Å²) in [4.78, 5) is 4.91. The lowest BCUT2D eigenvalue weighted by Crippen LogP contribution is -2.13. The third kappa shape index (κ3) is 7.12. The molecular formula is C60H55N3. The molecule has 0 unspecified atom stereocenters. The highest BCUT2D eigenvalue weighted by molar-refractivity contribution is 6.32. The Balaban J connectivity index is 1.34. The van der Waals surface area contributed by atoms with Crippen molar-refractivity contribution in [3.8, 4) is 5.69 Å². The first kappa shape index (κ1) is 40.0. The Kier molecular flexibility index (Phi) is 9.75. The van der Waals surface area contributed by atoms with Gasteiger partial charge in [0.25, 0.3) is 0 Å². The Morgan fingerprint density at radius 1 is 0.349 bits per heavy atom. The van der Waals surface area contributed by atoms with Gasteiger partial charge in [-0.3, -0.25) is 0 Å². The summed E-state index contributed by atoms with van der Waals surface area (Å²) in [6.45, 7) is 18.0. The van der Waals surface area contributed by atoms with E-state index >= 15 is 0 Å². The molecule has 0 spiro atoms. The summed E-state index contributed by atoms with van der Waals surface area (Å²) < 4.78 is 2.50. The summed E-state index contributed by atoms with van der Waals surface area (Å²) in [5.41, 5.74) is 15.4. The molecule has 63 heavy (non-hydrogen) atoms. The number of aromatic nitrogens is 1. The molecule has 0 saturated carbocycles. The van der Waals surface area contributed by atoms with Crippen LogP contribution in [-0.4, -0.2) is 4.57 Å². The Labute approximate surface area is 372 Å². The van der Waals surface area contributed by atoms with E-state index in [2.05, 4.69) is 258 Å². The minimum Gasteiger partial charge on any atom is -0.310 e. The van der Waals surface area contributed by atoms with E-state index in [0.717, 1.165) is 50.8 Å². The van der Waals surface area contributed by atoms with Crippen LogP contribution in [0.3, 0.4) is 0 Å². The highest BCUT2D eigenvalue weighted by Crippen LogP contribution is 2.50. The van der Waals surface area contributed by atoms with Gasteiger partial charge in [0.1, 0.15) is 0 Å². The first-order chi connectivity index (χ1) is 30.3. The van der Waals surface area contributed by atoms with Crippen molar-refractivity contribution in [3.05, 3.63) is 210 Å². The standard InChI is InChI=1S/C60H55N3/c1-40-18-16-22-47(36-40)61(45-32-28-42(29-33-45)59(3,4)5)53-38-55-57(51-26-14-12-24-49(51)53)58-52-27-15-13-25-50(52)54(39-56(58)63(55)44-20-10-9-11-21-44)62(48-23-17-19-41(2)37-48)46-34-30-43(31-35-46)60(6,7)8/h9-39H,1-8H3. The Morgan fingerprint density at radius 3 is 1.11 bits per heavy atom. The third-order valence-corrected chi connectivity index (χ3v) is 12.7. The predicted molar refractivity (Wildman–Crippen MR) is 272 cm³/mol. The highest BCUT2D eigenvalue weighted by Gasteiger charge is 2.26. The maximum atomic E-state index is 2.50. The van der Waals surface area contributed by atoms with Crippen molar-refractivity contribution in [2.45, 2.75) is 66.2 Å². The molecule has 310 valence electrons. The summed E-state index contributed by atoms with van der Waals surface area (Å²) in [5.74, 6) is 0. The maximum Gasteiger partial charge on any atom is 0.0568 e. The normalized spacial score (nSPS) is 12.1. The van der Waals surface area contributed by atoms with E-state index in [0.29, 0.717) is 0 Å². The van der Waals surface area contributed by atoms with Gasteiger partial charge < -0.3 is 14.4 Å². The zero-order valence-electron chi connectivity index (χ0n) is 37.7. The Morgan fingerprint density at radius 2 is 0.730 bits per heavy atom. The van der Waals surface area contributed by atoms with E-state index in [1.807, 2.05) is 0 Å². The zero-order chi connectivity index (χ0) is 43.6.